The molecular formula is C11H21N3. The monoisotopic (exact) mass is 195 g/mol. The third-order valence-electron chi connectivity index (χ3n) is 2.68. The van der Waals surface area contributed by atoms with Crippen molar-refractivity contribution >= 4 is 0 Å². The SMILES string of the molecule is CCNC(c1cn(C)cn1)C(C)CC. The molecule has 1 rings (SSSR count). The van der Waals surface area contributed by atoms with E-state index in [0.717, 1.165) is 12.2 Å². The Morgan fingerprint density at radius 1 is 1.50 bits per heavy atom. The molecule has 0 saturated heterocycles. The fourth-order valence-electron chi connectivity index (χ4n) is 1.65. The van der Waals surface area contributed by atoms with Crippen LogP contribution in [0.3, 0.4) is 0 Å². The van der Waals surface area contributed by atoms with E-state index in [9.17, 15) is 0 Å². The lowest BCUT2D eigenvalue weighted by atomic mass is 9.97. The lowest BCUT2D eigenvalue weighted by Gasteiger charge is -2.21. The molecule has 0 amide bonds. The summed E-state index contributed by atoms with van der Waals surface area (Å²) in [6, 6.07) is 0.395. The third kappa shape index (κ3) is 2.58. The van der Waals surface area contributed by atoms with Gasteiger partial charge in [-0.25, -0.2) is 4.98 Å². The molecule has 2 unspecified atom stereocenters. The van der Waals surface area contributed by atoms with Crippen LogP contribution >= 0.6 is 0 Å². The summed E-state index contributed by atoms with van der Waals surface area (Å²) in [4.78, 5) is 4.40. The van der Waals surface area contributed by atoms with E-state index in [1.54, 1.807) is 0 Å². The average molecular weight is 195 g/mol. The zero-order valence-electron chi connectivity index (χ0n) is 9.62. The molecule has 0 aliphatic heterocycles. The zero-order chi connectivity index (χ0) is 10.6. The second kappa shape index (κ2) is 5.15. The van der Waals surface area contributed by atoms with Crippen molar-refractivity contribution in [3.8, 4) is 0 Å². The summed E-state index contributed by atoms with van der Waals surface area (Å²) in [7, 11) is 2.01. The zero-order valence-corrected chi connectivity index (χ0v) is 9.62. The molecule has 0 spiro atoms. The van der Waals surface area contributed by atoms with Crippen LogP contribution in [-0.4, -0.2) is 16.1 Å². The summed E-state index contributed by atoms with van der Waals surface area (Å²) in [5, 5.41) is 3.49. The molecule has 0 aliphatic carbocycles. The molecule has 1 N–H and O–H groups in total. The summed E-state index contributed by atoms with van der Waals surface area (Å²) in [6.07, 6.45) is 5.13. The Morgan fingerprint density at radius 2 is 2.21 bits per heavy atom. The maximum Gasteiger partial charge on any atom is 0.0947 e. The highest BCUT2D eigenvalue weighted by molar-refractivity contribution is 5.04. The van der Waals surface area contributed by atoms with E-state index in [2.05, 4.69) is 37.3 Å². The van der Waals surface area contributed by atoms with Gasteiger partial charge in [-0.15, -0.1) is 0 Å². The Labute approximate surface area is 86.5 Å². The smallest absolute Gasteiger partial charge is 0.0947 e. The number of aromatic nitrogens is 2. The molecular weight excluding hydrogens is 174 g/mol. The number of aryl methyl sites for hydroxylation is 1. The maximum atomic E-state index is 4.40. The second-order valence-corrected chi connectivity index (χ2v) is 3.88. The molecule has 3 heteroatoms. The van der Waals surface area contributed by atoms with Crippen LogP contribution in [0.2, 0.25) is 0 Å². The van der Waals surface area contributed by atoms with Gasteiger partial charge in [0.1, 0.15) is 0 Å². The van der Waals surface area contributed by atoms with Crippen LogP contribution in [0.1, 0.15) is 38.9 Å². The number of hydrogen-bond donors (Lipinski definition) is 1. The van der Waals surface area contributed by atoms with Gasteiger partial charge in [-0.1, -0.05) is 27.2 Å². The van der Waals surface area contributed by atoms with Crippen molar-refractivity contribution in [2.75, 3.05) is 6.54 Å². The van der Waals surface area contributed by atoms with Crippen molar-refractivity contribution in [1.82, 2.24) is 14.9 Å². The first kappa shape index (κ1) is 11.2. The summed E-state index contributed by atoms with van der Waals surface area (Å²) >= 11 is 0. The topological polar surface area (TPSA) is 29.9 Å². The van der Waals surface area contributed by atoms with Gasteiger partial charge in [0.2, 0.25) is 0 Å². The van der Waals surface area contributed by atoms with Gasteiger partial charge in [0.25, 0.3) is 0 Å². The van der Waals surface area contributed by atoms with Crippen molar-refractivity contribution < 1.29 is 0 Å². The van der Waals surface area contributed by atoms with E-state index >= 15 is 0 Å². The molecule has 80 valence electrons. The van der Waals surface area contributed by atoms with Crippen LogP contribution in [0.25, 0.3) is 0 Å². The maximum absolute atomic E-state index is 4.40. The first-order chi connectivity index (χ1) is 6.69. The summed E-state index contributed by atoms with van der Waals surface area (Å²) in [5.74, 6) is 0.629. The lowest BCUT2D eigenvalue weighted by molar-refractivity contribution is 0.377. The predicted octanol–water partition coefficient (Wildman–Crippen LogP) is 2.12. The van der Waals surface area contributed by atoms with Gasteiger partial charge < -0.3 is 9.88 Å². The van der Waals surface area contributed by atoms with Crippen LogP contribution in [-0.2, 0) is 7.05 Å². The van der Waals surface area contributed by atoms with Crippen LogP contribution < -0.4 is 5.32 Å². The Bertz CT molecular complexity index is 267. The van der Waals surface area contributed by atoms with Crippen LogP contribution in [0.5, 0.6) is 0 Å². The number of imidazole rings is 1. The molecule has 0 radical (unpaired) electrons. The van der Waals surface area contributed by atoms with E-state index < -0.39 is 0 Å². The standard InChI is InChI=1S/C11H21N3/c1-5-9(3)11(12-6-2)10-7-14(4)8-13-10/h7-9,11-12H,5-6H2,1-4H3. The molecule has 2 atom stereocenters. The molecule has 0 saturated carbocycles. The van der Waals surface area contributed by atoms with E-state index in [-0.39, 0.29) is 0 Å². The fourth-order valence-corrected chi connectivity index (χ4v) is 1.65. The molecule has 14 heavy (non-hydrogen) atoms. The average Bonchev–Trinajstić information content (AvgIpc) is 2.60. The molecule has 1 aromatic heterocycles. The summed E-state index contributed by atoms with van der Waals surface area (Å²) in [6.45, 7) is 7.61. The highest BCUT2D eigenvalue weighted by atomic mass is 15.0. The Kier molecular flexibility index (Phi) is 4.14. The fraction of sp³-hybridized carbons (Fsp3) is 0.727. The molecule has 1 aromatic rings. The highest BCUT2D eigenvalue weighted by Gasteiger charge is 2.18. The van der Waals surface area contributed by atoms with Crippen molar-refractivity contribution in [2.24, 2.45) is 13.0 Å². The van der Waals surface area contributed by atoms with Crippen molar-refractivity contribution in [3.63, 3.8) is 0 Å². The Hall–Kier alpha value is -0.830. The molecule has 0 fully saturated rings. The Balaban J connectivity index is 2.76. The minimum Gasteiger partial charge on any atom is -0.340 e. The normalized spacial score (nSPS) is 15.4. The highest BCUT2D eigenvalue weighted by Crippen LogP contribution is 2.22. The predicted molar refractivity (Wildman–Crippen MR) is 59.1 cm³/mol. The van der Waals surface area contributed by atoms with Gasteiger partial charge in [-0.2, -0.15) is 0 Å². The first-order valence-electron chi connectivity index (χ1n) is 5.40. The van der Waals surface area contributed by atoms with Gasteiger partial charge >= 0.3 is 0 Å². The van der Waals surface area contributed by atoms with Gasteiger partial charge in [-0.3, -0.25) is 0 Å². The van der Waals surface area contributed by atoms with Crippen LogP contribution in [0, 0.1) is 5.92 Å². The van der Waals surface area contributed by atoms with E-state index in [1.165, 1.54) is 6.42 Å². The van der Waals surface area contributed by atoms with Crippen LogP contribution in [0.4, 0.5) is 0 Å². The molecule has 0 aromatic carbocycles. The van der Waals surface area contributed by atoms with Crippen molar-refractivity contribution in [2.45, 2.75) is 33.2 Å². The minimum atomic E-state index is 0.395. The van der Waals surface area contributed by atoms with Gasteiger partial charge in [0, 0.05) is 13.2 Å². The molecule has 3 nitrogen and oxygen atoms in total. The van der Waals surface area contributed by atoms with E-state index in [0.29, 0.717) is 12.0 Å². The number of nitrogens with zero attached hydrogens (tertiary/aromatic N) is 2. The molecule has 0 bridgehead atoms. The van der Waals surface area contributed by atoms with Crippen LogP contribution in [0.15, 0.2) is 12.5 Å². The number of hydrogen-bond acceptors (Lipinski definition) is 2. The third-order valence-corrected chi connectivity index (χ3v) is 2.68. The first-order valence-corrected chi connectivity index (χ1v) is 5.40. The second-order valence-electron chi connectivity index (χ2n) is 3.88. The van der Waals surface area contributed by atoms with Crippen molar-refractivity contribution in [3.05, 3.63) is 18.2 Å². The van der Waals surface area contributed by atoms with Gasteiger partial charge in [0.15, 0.2) is 0 Å². The van der Waals surface area contributed by atoms with E-state index in [1.807, 2.05) is 17.9 Å². The number of nitrogens with one attached hydrogen (secondary N) is 1. The number of rotatable bonds is 5. The Morgan fingerprint density at radius 3 is 2.64 bits per heavy atom. The van der Waals surface area contributed by atoms with E-state index in [4.69, 9.17) is 0 Å². The molecule has 0 aliphatic rings. The molecule has 1 heterocycles. The largest absolute Gasteiger partial charge is 0.340 e. The van der Waals surface area contributed by atoms with Crippen molar-refractivity contribution in [1.29, 1.82) is 0 Å². The minimum absolute atomic E-state index is 0.395. The summed E-state index contributed by atoms with van der Waals surface area (Å²) < 4.78 is 2.00. The van der Waals surface area contributed by atoms with Gasteiger partial charge in [0.05, 0.1) is 18.1 Å². The lowest BCUT2D eigenvalue weighted by Crippen LogP contribution is -2.26. The van der Waals surface area contributed by atoms with Gasteiger partial charge in [-0.05, 0) is 12.5 Å². The summed E-state index contributed by atoms with van der Waals surface area (Å²) in [5.41, 5.74) is 1.16. The quantitative estimate of drug-likeness (QED) is 0.780.